The number of ether oxygens (including phenoxy) is 1. The number of hydrogen-bond acceptors (Lipinski definition) is 2. The van der Waals surface area contributed by atoms with E-state index in [0.717, 1.165) is 0 Å². The number of rotatable bonds is 2. The van der Waals surface area contributed by atoms with Crippen molar-refractivity contribution >= 4 is 6.29 Å². The quantitative estimate of drug-likeness (QED) is 0.528. The molecule has 0 heterocycles. The Labute approximate surface area is 62.1 Å². The topological polar surface area (TPSA) is 26.3 Å². The molecule has 0 N–H and O–H groups in total. The standard InChI is InChI=1S/C3H6O2.Y/c1-5-3-2-4;/h2H,3H2,1H3;. The molecule has 33 valence electrons. The van der Waals surface area contributed by atoms with Gasteiger partial charge in [0.25, 0.3) is 0 Å². The molecule has 2 nitrogen and oxygen atoms in total. The molecule has 0 aromatic carbocycles. The van der Waals surface area contributed by atoms with Crippen molar-refractivity contribution < 1.29 is 42.2 Å². The Morgan fingerprint density at radius 2 is 2.33 bits per heavy atom. The normalized spacial score (nSPS) is 6.17. The van der Waals surface area contributed by atoms with Crippen LogP contribution in [0.2, 0.25) is 0 Å². The van der Waals surface area contributed by atoms with Gasteiger partial charge in [0, 0.05) is 39.8 Å². The maximum absolute atomic E-state index is 9.28. The van der Waals surface area contributed by atoms with Crippen LogP contribution in [0, 0.1) is 0 Å². The van der Waals surface area contributed by atoms with Crippen LogP contribution in [0.3, 0.4) is 0 Å². The molecule has 0 aromatic rings. The van der Waals surface area contributed by atoms with Crippen molar-refractivity contribution in [3.63, 3.8) is 0 Å². The molecule has 6 heavy (non-hydrogen) atoms. The number of carbonyl (C=O) groups is 1. The van der Waals surface area contributed by atoms with Gasteiger partial charge in [-0.05, 0) is 0 Å². The van der Waals surface area contributed by atoms with Crippen molar-refractivity contribution in [3.05, 3.63) is 0 Å². The number of aldehydes is 1. The minimum atomic E-state index is 0. The van der Waals surface area contributed by atoms with Gasteiger partial charge in [0.1, 0.15) is 12.9 Å². The summed E-state index contributed by atoms with van der Waals surface area (Å²) in [4.78, 5) is 9.28. The van der Waals surface area contributed by atoms with Gasteiger partial charge in [-0.2, -0.15) is 0 Å². The summed E-state index contributed by atoms with van der Waals surface area (Å²) < 4.78 is 4.32. The summed E-state index contributed by atoms with van der Waals surface area (Å²) in [5, 5.41) is 0. The SMILES string of the molecule is COCC=O.[Y]. The molecule has 0 aliphatic rings. The van der Waals surface area contributed by atoms with E-state index < -0.39 is 0 Å². The third-order valence-corrected chi connectivity index (χ3v) is 0.235. The van der Waals surface area contributed by atoms with E-state index in [1.165, 1.54) is 7.11 Å². The van der Waals surface area contributed by atoms with Gasteiger partial charge in [-0.15, -0.1) is 0 Å². The van der Waals surface area contributed by atoms with E-state index in [-0.39, 0.29) is 39.3 Å². The second-order valence-electron chi connectivity index (χ2n) is 0.622. The summed E-state index contributed by atoms with van der Waals surface area (Å²) in [6.07, 6.45) is 0.708. The van der Waals surface area contributed by atoms with Gasteiger partial charge in [0.05, 0.1) is 0 Å². The van der Waals surface area contributed by atoms with E-state index in [1.807, 2.05) is 0 Å². The van der Waals surface area contributed by atoms with Crippen LogP contribution in [-0.2, 0) is 42.2 Å². The fourth-order valence-electron chi connectivity index (χ4n) is 0.0680. The summed E-state index contributed by atoms with van der Waals surface area (Å²) in [7, 11) is 1.48. The fraction of sp³-hybridized carbons (Fsp3) is 0.667. The third kappa shape index (κ3) is 8.83. The average molecular weight is 163 g/mol. The molecule has 0 aliphatic carbocycles. The Morgan fingerprint density at radius 3 is 2.33 bits per heavy atom. The molecule has 0 amide bonds. The minimum Gasteiger partial charge on any atom is -0.377 e. The van der Waals surface area contributed by atoms with Crippen molar-refractivity contribution in [2.75, 3.05) is 13.7 Å². The van der Waals surface area contributed by atoms with E-state index in [0.29, 0.717) is 6.29 Å². The fourth-order valence-corrected chi connectivity index (χ4v) is 0.0680. The minimum absolute atomic E-state index is 0. The predicted octanol–water partition coefficient (Wildman–Crippen LogP) is -0.171. The Morgan fingerprint density at radius 1 is 1.83 bits per heavy atom. The van der Waals surface area contributed by atoms with Crippen molar-refractivity contribution in [3.8, 4) is 0 Å². The second-order valence-corrected chi connectivity index (χ2v) is 0.622. The zero-order valence-corrected chi connectivity index (χ0v) is 6.52. The van der Waals surface area contributed by atoms with Crippen molar-refractivity contribution in [1.29, 1.82) is 0 Å². The van der Waals surface area contributed by atoms with E-state index in [1.54, 1.807) is 0 Å². The summed E-state index contributed by atoms with van der Waals surface area (Å²) in [6, 6.07) is 0. The largest absolute Gasteiger partial charge is 0.377 e. The first-order valence-electron chi connectivity index (χ1n) is 1.34. The first kappa shape index (κ1) is 9.88. The Hall–Kier alpha value is 0.734. The van der Waals surface area contributed by atoms with E-state index in [4.69, 9.17) is 0 Å². The molecule has 1 radical (unpaired) electrons. The van der Waals surface area contributed by atoms with Crippen LogP contribution in [-0.4, -0.2) is 20.0 Å². The van der Waals surface area contributed by atoms with Gasteiger partial charge < -0.3 is 9.53 Å². The Kier molecular flexibility index (Phi) is 15.2. The second kappa shape index (κ2) is 9.22. The van der Waals surface area contributed by atoms with Gasteiger partial charge in [-0.3, -0.25) is 0 Å². The molecule has 0 unspecified atom stereocenters. The molecule has 0 spiro atoms. The molecular formula is C3H6O2Y. The molecule has 0 atom stereocenters. The maximum Gasteiger partial charge on any atom is 0.145 e. The molecule has 0 bridgehead atoms. The molecule has 0 saturated carbocycles. The molecular weight excluding hydrogens is 157 g/mol. The number of methoxy groups -OCH3 is 1. The van der Waals surface area contributed by atoms with E-state index in [9.17, 15) is 4.79 Å². The predicted molar refractivity (Wildman–Crippen MR) is 17.9 cm³/mol. The average Bonchev–Trinajstić information content (AvgIpc) is 1.41. The van der Waals surface area contributed by atoms with Crippen LogP contribution in [0.1, 0.15) is 0 Å². The summed E-state index contributed by atoms with van der Waals surface area (Å²) in [5.74, 6) is 0. The molecule has 0 rings (SSSR count). The summed E-state index contributed by atoms with van der Waals surface area (Å²) in [6.45, 7) is 0.208. The van der Waals surface area contributed by atoms with Crippen molar-refractivity contribution in [1.82, 2.24) is 0 Å². The van der Waals surface area contributed by atoms with Crippen LogP contribution in [0.15, 0.2) is 0 Å². The number of carbonyl (C=O) groups excluding carboxylic acids is 1. The van der Waals surface area contributed by atoms with Gasteiger partial charge >= 0.3 is 0 Å². The van der Waals surface area contributed by atoms with E-state index in [2.05, 4.69) is 4.74 Å². The smallest absolute Gasteiger partial charge is 0.145 e. The zero-order valence-electron chi connectivity index (χ0n) is 3.68. The monoisotopic (exact) mass is 163 g/mol. The van der Waals surface area contributed by atoms with Gasteiger partial charge in [0.2, 0.25) is 0 Å². The number of hydrogen-bond donors (Lipinski definition) is 0. The van der Waals surface area contributed by atoms with Crippen LogP contribution >= 0.6 is 0 Å². The van der Waals surface area contributed by atoms with Crippen molar-refractivity contribution in [2.45, 2.75) is 0 Å². The molecule has 3 heteroatoms. The van der Waals surface area contributed by atoms with Crippen LogP contribution in [0.4, 0.5) is 0 Å². The first-order valence-corrected chi connectivity index (χ1v) is 1.34. The summed E-state index contributed by atoms with van der Waals surface area (Å²) in [5.41, 5.74) is 0. The van der Waals surface area contributed by atoms with Gasteiger partial charge in [0.15, 0.2) is 0 Å². The molecule has 0 aliphatic heterocycles. The maximum atomic E-state index is 9.28. The molecule has 0 aromatic heterocycles. The van der Waals surface area contributed by atoms with Crippen LogP contribution in [0.25, 0.3) is 0 Å². The van der Waals surface area contributed by atoms with Crippen LogP contribution in [0.5, 0.6) is 0 Å². The zero-order chi connectivity index (χ0) is 4.12. The van der Waals surface area contributed by atoms with Gasteiger partial charge in [-0.1, -0.05) is 0 Å². The van der Waals surface area contributed by atoms with E-state index >= 15 is 0 Å². The van der Waals surface area contributed by atoms with Crippen LogP contribution < -0.4 is 0 Å². The molecule has 0 fully saturated rings. The summed E-state index contributed by atoms with van der Waals surface area (Å²) >= 11 is 0. The van der Waals surface area contributed by atoms with Gasteiger partial charge in [-0.25, -0.2) is 0 Å². The first-order chi connectivity index (χ1) is 2.41. The molecule has 0 saturated heterocycles. The Balaban J connectivity index is 0. The third-order valence-electron chi connectivity index (χ3n) is 0.235. The van der Waals surface area contributed by atoms with Crippen molar-refractivity contribution in [2.24, 2.45) is 0 Å². The Bertz CT molecular complexity index is 30.0.